The molecule has 0 aliphatic rings. The molecule has 0 atom stereocenters. The van der Waals surface area contributed by atoms with Crippen molar-refractivity contribution in [3.05, 3.63) is 24.3 Å². The van der Waals surface area contributed by atoms with Gasteiger partial charge in [-0.25, -0.2) is 0 Å². The van der Waals surface area contributed by atoms with Crippen molar-refractivity contribution in [2.24, 2.45) is 0 Å². The normalized spacial score (nSPS) is 10.6. The van der Waals surface area contributed by atoms with Gasteiger partial charge in [0.25, 0.3) is 0 Å². The molecule has 2 heteroatoms. The molecule has 0 aliphatic carbocycles. The fraction of sp³-hybridized carbons (Fsp3) is 0.688. The smallest absolute Gasteiger partial charge is 0.142 e. The predicted molar refractivity (Wildman–Crippen MR) is 79.7 cm³/mol. The van der Waals surface area contributed by atoms with Gasteiger partial charge in [0.05, 0.1) is 0 Å². The van der Waals surface area contributed by atoms with E-state index in [2.05, 4.69) is 19.9 Å². The van der Waals surface area contributed by atoms with Crippen LogP contribution in [0, 0.1) is 0 Å². The van der Waals surface area contributed by atoms with Crippen molar-refractivity contribution >= 4 is 6.29 Å². The number of aldehydes is 1. The van der Waals surface area contributed by atoms with E-state index < -0.39 is 0 Å². The van der Waals surface area contributed by atoms with Crippen LogP contribution in [0.15, 0.2) is 24.3 Å². The maximum absolute atomic E-state index is 9.82. The van der Waals surface area contributed by atoms with E-state index in [4.69, 9.17) is 5.11 Å². The van der Waals surface area contributed by atoms with Gasteiger partial charge >= 0.3 is 0 Å². The summed E-state index contributed by atoms with van der Waals surface area (Å²) in [7, 11) is 0. The van der Waals surface area contributed by atoms with Crippen LogP contribution in [0.2, 0.25) is 0 Å². The molecule has 0 bridgehead atoms. The number of carbonyl (C=O) groups excluding carboxylic acids is 1. The number of hydrogen-bond donors (Lipinski definition) is 1. The van der Waals surface area contributed by atoms with Gasteiger partial charge in [-0.2, -0.15) is 0 Å². The average Bonchev–Trinajstić information content (AvgIpc) is 2.39. The lowest BCUT2D eigenvalue weighted by molar-refractivity contribution is -0.104. The Morgan fingerprint density at radius 1 is 0.833 bits per heavy atom. The Labute approximate surface area is 113 Å². The topological polar surface area (TPSA) is 37.3 Å². The van der Waals surface area contributed by atoms with Crippen molar-refractivity contribution in [2.75, 3.05) is 6.61 Å². The lowest BCUT2D eigenvalue weighted by atomic mass is 10.2. The molecule has 106 valence electrons. The summed E-state index contributed by atoms with van der Waals surface area (Å²) in [6.07, 6.45) is 17.7. The molecule has 0 unspecified atom stereocenters. The summed E-state index contributed by atoms with van der Waals surface area (Å²) >= 11 is 0. The molecule has 2 nitrogen and oxygen atoms in total. The lowest BCUT2D eigenvalue weighted by Crippen LogP contribution is -1.80. The fourth-order valence-electron chi connectivity index (χ4n) is 1.34. The second-order valence-electron chi connectivity index (χ2n) is 4.23. The van der Waals surface area contributed by atoms with E-state index in [0.717, 1.165) is 19.1 Å². The molecule has 0 aromatic heterocycles. The van der Waals surface area contributed by atoms with E-state index in [0.29, 0.717) is 6.61 Å². The maximum atomic E-state index is 9.82. The molecule has 0 aliphatic heterocycles. The summed E-state index contributed by atoms with van der Waals surface area (Å²) < 4.78 is 0. The van der Waals surface area contributed by atoms with Crippen molar-refractivity contribution in [1.29, 1.82) is 0 Å². The van der Waals surface area contributed by atoms with Gasteiger partial charge in [-0.1, -0.05) is 64.2 Å². The molecule has 0 saturated carbocycles. The Morgan fingerprint density at radius 3 is 2.06 bits per heavy atom. The summed E-state index contributed by atoms with van der Waals surface area (Å²) in [4.78, 5) is 9.82. The predicted octanol–water partition coefficient (Wildman–Crippen LogP) is 4.44. The van der Waals surface area contributed by atoms with E-state index in [1.807, 2.05) is 6.08 Å². The van der Waals surface area contributed by atoms with Crippen LogP contribution < -0.4 is 0 Å². The summed E-state index contributed by atoms with van der Waals surface area (Å²) in [6, 6.07) is 0. The number of unbranched alkanes of at least 4 members (excludes halogenated alkanes) is 6. The van der Waals surface area contributed by atoms with Crippen molar-refractivity contribution in [1.82, 2.24) is 0 Å². The summed E-state index contributed by atoms with van der Waals surface area (Å²) in [6.45, 7) is 4.72. The first-order valence-corrected chi connectivity index (χ1v) is 7.21. The summed E-state index contributed by atoms with van der Waals surface area (Å²) in [5, 5.41) is 8.29. The van der Waals surface area contributed by atoms with Crippen molar-refractivity contribution in [3.8, 4) is 0 Å². The first-order chi connectivity index (χ1) is 8.83. The number of allylic oxidation sites excluding steroid dienone is 4. The Balaban J connectivity index is 0. The van der Waals surface area contributed by atoms with Crippen LogP contribution in [0.25, 0.3) is 0 Å². The highest BCUT2D eigenvalue weighted by Gasteiger charge is 1.81. The molecular weight excluding hydrogens is 224 g/mol. The van der Waals surface area contributed by atoms with E-state index >= 15 is 0 Å². The molecule has 18 heavy (non-hydrogen) atoms. The minimum absolute atomic E-state index is 0.361. The maximum Gasteiger partial charge on any atom is 0.142 e. The van der Waals surface area contributed by atoms with E-state index in [-0.39, 0.29) is 0 Å². The Morgan fingerprint density at radius 2 is 1.50 bits per heavy atom. The third kappa shape index (κ3) is 24.4. The largest absolute Gasteiger partial charge is 0.396 e. The number of aliphatic hydroxyl groups excluding tert-OH is 1. The Hall–Kier alpha value is -0.890. The van der Waals surface area contributed by atoms with Gasteiger partial charge in [-0.15, -0.1) is 0 Å². The zero-order valence-electron chi connectivity index (χ0n) is 12.1. The Bertz CT molecular complexity index is 191. The Kier molecular flexibility index (Phi) is 23.1. The molecule has 0 aromatic carbocycles. The van der Waals surface area contributed by atoms with Gasteiger partial charge in [-0.05, 0) is 25.3 Å². The van der Waals surface area contributed by atoms with Gasteiger partial charge in [-0.3, -0.25) is 4.79 Å². The van der Waals surface area contributed by atoms with E-state index in [1.165, 1.54) is 44.6 Å². The van der Waals surface area contributed by atoms with Crippen LogP contribution in [-0.4, -0.2) is 18.0 Å². The quantitative estimate of drug-likeness (QED) is 0.271. The highest BCUT2D eigenvalue weighted by atomic mass is 16.2. The van der Waals surface area contributed by atoms with E-state index in [1.54, 1.807) is 6.08 Å². The van der Waals surface area contributed by atoms with E-state index in [9.17, 15) is 4.79 Å². The zero-order chi connectivity index (χ0) is 13.9. The zero-order valence-corrected chi connectivity index (χ0v) is 12.1. The second kappa shape index (κ2) is 21.4. The molecule has 1 N–H and O–H groups in total. The van der Waals surface area contributed by atoms with Gasteiger partial charge < -0.3 is 5.11 Å². The van der Waals surface area contributed by atoms with Gasteiger partial charge in [0, 0.05) is 6.61 Å². The fourth-order valence-corrected chi connectivity index (χ4v) is 1.34. The summed E-state index contributed by atoms with van der Waals surface area (Å²) in [5.74, 6) is 0. The third-order valence-corrected chi connectivity index (χ3v) is 2.42. The van der Waals surface area contributed by atoms with Gasteiger partial charge in [0.1, 0.15) is 6.29 Å². The monoisotopic (exact) mass is 254 g/mol. The molecule has 0 heterocycles. The van der Waals surface area contributed by atoms with Crippen LogP contribution in [-0.2, 0) is 4.79 Å². The van der Waals surface area contributed by atoms with Crippen molar-refractivity contribution < 1.29 is 9.90 Å². The number of carbonyl (C=O) groups is 1. The molecule has 0 radical (unpaired) electrons. The minimum atomic E-state index is 0.361. The SMILES string of the molecule is CCCCCC=CC=CC=O.CCCCCCO. The standard InChI is InChI=1S/C10H16O.C6H14O/c1-2-3-4-5-6-7-8-9-10-11;1-2-3-4-5-6-7/h6-10H,2-5H2,1H3;7H,2-6H2,1H3. The van der Waals surface area contributed by atoms with Crippen LogP contribution in [0.5, 0.6) is 0 Å². The highest BCUT2D eigenvalue weighted by Crippen LogP contribution is 1.99. The van der Waals surface area contributed by atoms with Crippen molar-refractivity contribution in [2.45, 2.75) is 65.2 Å². The molecule has 0 saturated heterocycles. The number of aliphatic hydroxyl groups is 1. The van der Waals surface area contributed by atoms with Crippen molar-refractivity contribution in [3.63, 3.8) is 0 Å². The minimum Gasteiger partial charge on any atom is -0.396 e. The second-order valence-corrected chi connectivity index (χ2v) is 4.23. The van der Waals surface area contributed by atoms with Crippen LogP contribution in [0.4, 0.5) is 0 Å². The number of rotatable bonds is 10. The third-order valence-electron chi connectivity index (χ3n) is 2.42. The average molecular weight is 254 g/mol. The highest BCUT2D eigenvalue weighted by molar-refractivity contribution is 5.65. The van der Waals surface area contributed by atoms with Gasteiger partial charge in [0.15, 0.2) is 0 Å². The number of hydrogen-bond acceptors (Lipinski definition) is 2. The lowest BCUT2D eigenvalue weighted by Gasteiger charge is -1.90. The first-order valence-electron chi connectivity index (χ1n) is 7.21. The van der Waals surface area contributed by atoms with Crippen LogP contribution in [0.1, 0.15) is 65.2 Å². The van der Waals surface area contributed by atoms with Crippen LogP contribution >= 0.6 is 0 Å². The molecule has 0 spiro atoms. The molecule has 0 fully saturated rings. The first kappa shape index (κ1) is 19.4. The van der Waals surface area contributed by atoms with Gasteiger partial charge in [0.2, 0.25) is 0 Å². The van der Waals surface area contributed by atoms with Crippen LogP contribution in [0.3, 0.4) is 0 Å². The molecule has 0 amide bonds. The molecule has 0 aromatic rings. The summed E-state index contributed by atoms with van der Waals surface area (Å²) in [5.41, 5.74) is 0. The molecular formula is C16H30O2. The molecule has 0 rings (SSSR count).